The number of aromatic nitrogens is 2. The summed E-state index contributed by atoms with van der Waals surface area (Å²) >= 11 is 0. The summed E-state index contributed by atoms with van der Waals surface area (Å²) in [7, 11) is 0. The lowest BCUT2D eigenvalue weighted by molar-refractivity contribution is 0.0987. The molecule has 5 nitrogen and oxygen atoms in total. The van der Waals surface area contributed by atoms with Crippen LogP contribution in [0.15, 0.2) is 77.7 Å². The summed E-state index contributed by atoms with van der Waals surface area (Å²) in [5, 5.41) is 0.657. The molecule has 0 radical (unpaired) electrons. The van der Waals surface area contributed by atoms with Crippen LogP contribution in [0.25, 0.3) is 11.0 Å². The Morgan fingerprint density at radius 1 is 1.03 bits per heavy atom. The number of nitrogens with zero attached hydrogens (tertiary/aromatic N) is 3. The van der Waals surface area contributed by atoms with Crippen molar-refractivity contribution in [2.24, 2.45) is 0 Å². The Kier molecular flexibility index (Phi) is 4.39. The third-order valence-corrected chi connectivity index (χ3v) is 5.50. The van der Waals surface area contributed by atoms with Crippen molar-refractivity contribution in [3.05, 3.63) is 106 Å². The minimum absolute atomic E-state index is 0.00325. The van der Waals surface area contributed by atoms with Gasteiger partial charge in [0.05, 0.1) is 6.54 Å². The zero-order valence-corrected chi connectivity index (χ0v) is 16.1. The van der Waals surface area contributed by atoms with E-state index in [1.165, 1.54) is 10.6 Å². The monoisotopic (exact) mass is 399 g/mol. The van der Waals surface area contributed by atoms with Crippen molar-refractivity contribution in [1.82, 2.24) is 9.55 Å². The van der Waals surface area contributed by atoms with E-state index in [1.54, 1.807) is 47.5 Å². The first kappa shape index (κ1) is 18.2. The van der Waals surface area contributed by atoms with Crippen LogP contribution in [0, 0.1) is 5.82 Å². The predicted molar refractivity (Wildman–Crippen MR) is 113 cm³/mol. The van der Waals surface area contributed by atoms with Gasteiger partial charge in [0.1, 0.15) is 17.0 Å². The number of para-hydroxylation sites is 1. The van der Waals surface area contributed by atoms with Crippen molar-refractivity contribution in [3.8, 4) is 0 Å². The van der Waals surface area contributed by atoms with Crippen LogP contribution in [-0.2, 0) is 13.0 Å². The Labute approximate surface area is 172 Å². The number of anilines is 1. The van der Waals surface area contributed by atoms with E-state index in [9.17, 15) is 14.0 Å². The first-order valence-electron chi connectivity index (χ1n) is 9.75. The van der Waals surface area contributed by atoms with E-state index < -0.39 is 11.4 Å². The number of fused-ring (bicyclic) bond motifs is 2. The molecule has 2 aromatic heterocycles. The summed E-state index contributed by atoms with van der Waals surface area (Å²) in [4.78, 5) is 32.7. The molecule has 0 aliphatic carbocycles. The maximum atomic E-state index is 14.3. The number of hydrogen-bond donors (Lipinski definition) is 0. The molecular weight excluding hydrogens is 381 g/mol. The second kappa shape index (κ2) is 7.22. The van der Waals surface area contributed by atoms with Gasteiger partial charge < -0.3 is 4.90 Å². The van der Waals surface area contributed by atoms with E-state index >= 15 is 0 Å². The van der Waals surface area contributed by atoms with Crippen LogP contribution in [0.2, 0.25) is 0 Å². The van der Waals surface area contributed by atoms with E-state index in [4.69, 9.17) is 0 Å². The Morgan fingerprint density at radius 3 is 2.70 bits per heavy atom. The van der Waals surface area contributed by atoms with Gasteiger partial charge in [0.15, 0.2) is 0 Å². The van der Waals surface area contributed by atoms with Crippen molar-refractivity contribution < 1.29 is 9.18 Å². The van der Waals surface area contributed by atoms with Gasteiger partial charge in [-0.15, -0.1) is 0 Å². The minimum atomic E-state index is -0.473. The van der Waals surface area contributed by atoms with Gasteiger partial charge in [0.2, 0.25) is 0 Å². The second-order valence-electron chi connectivity index (χ2n) is 7.29. The average Bonchev–Trinajstić information content (AvgIpc) is 3.20. The maximum absolute atomic E-state index is 14.3. The van der Waals surface area contributed by atoms with Crippen LogP contribution in [0.1, 0.15) is 21.5 Å². The lowest BCUT2D eigenvalue weighted by Gasteiger charge is -2.18. The summed E-state index contributed by atoms with van der Waals surface area (Å²) in [6.45, 7) is 0.521. The van der Waals surface area contributed by atoms with E-state index in [0.29, 0.717) is 23.1 Å². The normalized spacial score (nSPS) is 12.9. The summed E-state index contributed by atoms with van der Waals surface area (Å²) in [5.74, 6) is -0.753. The lowest BCUT2D eigenvalue weighted by Crippen LogP contribution is -2.36. The molecule has 1 aliphatic rings. The minimum Gasteiger partial charge on any atom is -0.308 e. The highest BCUT2D eigenvalue weighted by Crippen LogP contribution is 2.28. The quantitative estimate of drug-likeness (QED) is 0.527. The molecule has 30 heavy (non-hydrogen) atoms. The zero-order valence-electron chi connectivity index (χ0n) is 16.1. The summed E-state index contributed by atoms with van der Waals surface area (Å²) in [6, 6.07) is 19.1. The highest BCUT2D eigenvalue weighted by molar-refractivity contribution is 6.08. The van der Waals surface area contributed by atoms with Crippen LogP contribution in [0.4, 0.5) is 10.1 Å². The molecule has 0 unspecified atom stereocenters. The smallest absolute Gasteiger partial charge is 0.265 e. The molecule has 0 atom stereocenters. The van der Waals surface area contributed by atoms with Gasteiger partial charge in [-0.25, -0.2) is 9.37 Å². The Balaban J connectivity index is 1.65. The largest absolute Gasteiger partial charge is 0.308 e. The van der Waals surface area contributed by atoms with Crippen LogP contribution in [-0.4, -0.2) is 22.0 Å². The maximum Gasteiger partial charge on any atom is 0.265 e. The van der Waals surface area contributed by atoms with Crippen LogP contribution < -0.4 is 10.5 Å². The molecule has 3 heterocycles. The Morgan fingerprint density at radius 2 is 1.83 bits per heavy atom. The number of rotatable bonds is 3. The third kappa shape index (κ3) is 2.97. The van der Waals surface area contributed by atoms with E-state index in [0.717, 1.165) is 17.7 Å². The summed E-state index contributed by atoms with van der Waals surface area (Å²) < 4.78 is 15.6. The first-order valence-corrected chi connectivity index (χ1v) is 9.75. The van der Waals surface area contributed by atoms with Gasteiger partial charge in [-0.2, -0.15) is 0 Å². The average molecular weight is 399 g/mol. The molecule has 1 amide bonds. The van der Waals surface area contributed by atoms with Crippen LogP contribution in [0.3, 0.4) is 0 Å². The number of hydrogen-bond acceptors (Lipinski definition) is 3. The lowest BCUT2D eigenvalue weighted by atomic mass is 10.1. The first-order chi connectivity index (χ1) is 14.6. The van der Waals surface area contributed by atoms with Crippen molar-refractivity contribution in [2.45, 2.75) is 13.0 Å². The Bertz CT molecular complexity index is 1350. The fourth-order valence-electron chi connectivity index (χ4n) is 4.00. The highest BCUT2D eigenvalue weighted by atomic mass is 19.1. The fourth-order valence-corrected chi connectivity index (χ4v) is 4.00. The molecular formula is C24H18FN3O2. The number of benzene rings is 2. The van der Waals surface area contributed by atoms with Gasteiger partial charge in [-0.3, -0.25) is 14.2 Å². The molecule has 1 aliphatic heterocycles. The molecule has 0 N–H and O–H groups in total. The van der Waals surface area contributed by atoms with Crippen LogP contribution >= 0.6 is 0 Å². The van der Waals surface area contributed by atoms with Gasteiger partial charge in [-0.05, 0) is 42.3 Å². The van der Waals surface area contributed by atoms with Crippen molar-refractivity contribution >= 4 is 22.6 Å². The molecule has 5 rings (SSSR count). The molecule has 6 heteroatoms. The molecule has 0 fully saturated rings. The van der Waals surface area contributed by atoms with Gasteiger partial charge in [-0.1, -0.05) is 36.4 Å². The fraction of sp³-hybridized carbons (Fsp3) is 0.125. The SMILES string of the molecule is O=C(c1cc2cccnc2n(Cc2ccccc2F)c1=O)N1CCc2ccccc21. The second-order valence-corrected chi connectivity index (χ2v) is 7.29. The molecule has 0 saturated carbocycles. The van der Waals surface area contributed by atoms with Crippen LogP contribution in [0.5, 0.6) is 0 Å². The standard InChI is InChI=1S/C24H18FN3O2/c25-20-9-3-1-7-18(20)15-28-22-17(8-5-12-26-22)14-19(24(28)30)23(29)27-13-11-16-6-2-4-10-21(16)27/h1-10,12,14H,11,13,15H2. The highest BCUT2D eigenvalue weighted by Gasteiger charge is 2.28. The topological polar surface area (TPSA) is 55.2 Å². The Hall–Kier alpha value is -3.80. The molecule has 2 aromatic carbocycles. The molecule has 0 spiro atoms. The predicted octanol–water partition coefficient (Wildman–Crippen LogP) is 3.79. The number of pyridine rings is 2. The molecule has 4 aromatic rings. The third-order valence-electron chi connectivity index (χ3n) is 5.50. The summed E-state index contributed by atoms with van der Waals surface area (Å²) in [5.41, 5.74) is 2.28. The van der Waals surface area contributed by atoms with Crippen molar-refractivity contribution in [1.29, 1.82) is 0 Å². The van der Waals surface area contributed by atoms with E-state index in [2.05, 4.69) is 4.98 Å². The van der Waals surface area contributed by atoms with E-state index in [1.807, 2.05) is 24.3 Å². The van der Waals surface area contributed by atoms with Gasteiger partial charge in [0, 0.05) is 29.4 Å². The van der Waals surface area contributed by atoms with Crippen molar-refractivity contribution in [2.75, 3.05) is 11.4 Å². The molecule has 148 valence electrons. The number of halogens is 1. The number of amides is 1. The van der Waals surface area contributed by atoms with E-state index in [-0.39, 0.29) is 18.0 Å². The van der Waals surface area contributed by atoms with Gasteiger partial charge >= 0.3 is 0 Å². The number of carbonyl (C=O) groups excluding carboxylic acids is 1. The van der Waals surface area contributed by atoms with Crippen molar-refractivity contribution in [3.63, 3.8) is 0 Å². The molecule has 0 bridgehead atoms. The number of carbonyl (C=O) groups is 1. The zero-order chi connectivity index (χ0) is 20.7. The molecule has 0 saturated heterocycles. The summed E-state index contributed by atoms with van der Waals surface area (Å²) in [6.07, 6.45) is 2.33. The van der Waals surface area contributed by atoms with Gasteiger partial charge in [0.25, 0.3) is 11.5 Å².